The highest BCUT2D eigenvalue weighted by Gasteiger charge is 2.32. The topological polar surface area (TPSA) is 35.5 Å². The number of carbonyl (C=O) groups is 1. The van der Waals surface area contributed by atoms with Gasteiger partial charge in [0.15, 0.2) is 21.3 Å². The molecule has 0 aliphatic rings. The summed E-state index contributed by atoms with van der Waals surface area (Å²) in [6, 6.07) is 32.7. The fourth-order valence-electron chi connectivity index (χ4n) is 3.77. The predicted molar refractivity (Wildman–Crippen MR) is 138 cm³/mol. The van der Waals surface area contributed by atoms with Crippen molar-refractivity contribution in [2.45, 2.75) is 40.3 Å². The molecule has 0 fully saturated rings. The number of benzene rings is 4. The predicted octanol–water partition coefficient (Wildman–Crippen LogP) is 7.66. The molecule has 0 saturated carbocycles. The number of alkyl halides is 3. The minimum absolute atomic E-state index is 0.295. The second kappa shape index (κ2) is 11.1. The lowest BCUT2D eigenvalue weighted by atomic mass is 9.97. The van der Waals surface area contributed by atoms with Gasteiger partial charge in [-0.25, -0.2) is 4.79 Å². The molecule has 0 amide bonds. The average Bonchev–Trinajstić information content (AvgIpc) is 2.89. The summed E-state index contributed by atoms with van der Waals surface area (Å²) in [6.07, 6.45) is -4.43. The Hall–Kier alpha value is -3.71. The zero-order valence-electron chi connectivity index (χ0n) is 20.4. The Balaban J connectivity index is 1.40. The first-order valence-electron chi connectivity index (χ1n) is 11.6. The van der Waals surface area contributed by atoms with Gasteiger partial charge in [-0.1, -0.05) is 48.5 Å². The van der Waals surface area contributed by atoms with Gasteiger partial charge in [0.1, 0.15) is 11.4 Å². The molecule has 190 valence electrons. The van der Waals surface area contributed by atoms with Crippen LogP contribution in [0.25, 0.3) is 0 Å². The SMILES string of the molecule is CC(C)(OC(=O)COc1ccc([S+](c2ccccc2)c2ccccc2)cc1)c1ccc(C(F)(F)F)cc1. The maximum atomic E-state index is 12.8. The molecular formula is C30H26F3O3S+. The molecule has 0 atom stereocenters. The van der Waals surface area contributed by atoms with E-state index >= 15 is 0 Å². The van der Waals surface area contributed by atoms with E-state index < -0.39 is 23.3 Å². The molecule has 0 aromatic heterocycles. The zero-order chi connectivity index (χ0) is 26.5. The maximum Gasteiger partial charge on any atom is 0.416 e. The fraction of sp³-hybridized carbons (Fsp3) is 0.167. The molecule has 37 heavy (non-hydrogen) atoms. The summed E-state index contributed by atoms with van der Waals surface area (Å²) in [6.45, 7) is 2.92. The second-order valence-electron chi connectivity index (χ2n) is 8.75. The van der Waals surface area contributed by atoms with Crippen LogP contribution < -0.4 is 4.74 Å². The van der Waals surface area contributed by atoms with E-state index in [0.29, 0.717) is 11.3 Å². The summed E-state index contributed by atoms with van der Waals surface area (Å²) in [5.41, 5.74) is -1.42. The Kier molecular flexibility index (Phi) is 7.93. The van der Waals surface area contributed by atoms with Crippen molar-refractivity contribution in [2.24, 2.45) is 0 Å². The Labute approximate surface area is 217 Å². The maximum absolute atomic E-state index is 12.8. The number of rotatable bonds is 8. The third-order valence-corrected chi connectivity index (χ3v) is 7.88. The first-order chi connectivity index (χ1) is 17.6. The van der Waals surface area contributed by atoms with Gasteiger partial charge in [-0.15, -0.1) is 0 Å². The molecule has 4 aromatic rings. The van der Waals surface area contributed by atoms with Gasteiger partial charge in [0.05, 0.1) is 16.5 Å². The second-order valence-corrected chi connectivity index (χ2v) is 10.8. The van der Waals surface area contributed by atoms with E-state index in [9.17, 15) is 18.0 Å². The molecule has 0 spiro atoms. The number of ether oxygens (including phenoxy) is 2. The quantitative estimate of drug-likeness (QED) is 0.176. The lowest BCUT2D eigenvalue weighted by molar-refractivity contribution is -0.160. The van der Waals surface area contributed by atoms with Gasteiger partial charge < -0.3 is 9.47 Å². The van der Waals surface area contributed by atoms with Crippen LogP contribution in [0.4, 0.5) is 13.2 Å². The van der Waals surface area contributed by atoms with E-state index in [1.165, 1.54) is 21.9 Å². The van der Waals surface area contributed by atoms with E-state index in [1.54, 1.807) is 13.8 Å². The van der Waals surface area contributed by atoms with Crippen molar-refractivity contribution in [2.75, 3.05) is 6.61 Å². The summed E-state index contributed by atoms with van der Waals surface area (Å²) in [4.78, 5) is 15.9. The Morgan fingerprint density at radius 1 is 0.676 bits per heavy atom. The number of hydrogen-bond acceptors (Lipinski definition) is 3. The third kappa shape index (κ3) is 6.74. The van der Waals surface area contributed by atoms with E-state index in [2.05, 4.69) is 24.3 Å². The number of esters is 1. The molecule has 4 aromatic carbocycles. The van der Waals surface area contributed by atoms with E-state index in [1.807, 2.05) is 60.7 Å². The molecule has 0 unspecified atom stereocenters. The standard InChI is InChI=1S/C30H26F3O3S/c1-29(2,22-13-15-23(16-14-22)30(31,32)33)36-28(34)21-35-24-17-19-27(20-18-24)37(25-9-5-3-6-10-25)26-11-7-4-8-12-26/h3-20H,21H2,1-2H3/q+1. The highest BCUT2D eigenvalue weighted by molar-refractivity contribution is 7.97. The van der Waals surface area contributed by atoms with E-state index in [0.717, 1.165) is 17.0 Å². The summed E-state index contributed by atoms with van der Waals surface area (Å²) in [7, 11) is -0.295. The molecule has 0 aliphatic heterocycles. The van der Waals surface area contributed by atoms with Crippen molar-refractivity contribution in [1.29, 1.82) is 0 Å². The van der Waals surface area contributed by atoms with Crippen molar-refractivity contribution in [1.82, 2.24) is 0 Å². The Morgan fingerprint density at radius 3 is 1.62 bits per heavy atom. The van der Waals surface area contributed by atoms with Crippen LogP contribution in [-0.4, -0.2) is 12.6 Å². The van der Waals surface area contributed by atoms with Crippen LogP contribution in [0.5, 0.6) is 5.75 Å². The van der Waals surface area contributed by atoms with Crippen molar-refractivity contribution in [3.63, 3.8) is 0 Å². The van der Waals surface area contributed by atoms with Crippen LogP contribution in [0, 0.1) is 0 Å². The van der Waals surface area contributed by atoms with E-state index in [4.69, 9.17) is 9.47 Å². The van der Waals surface area contributed by atoms with Gasteiger partial charge in [-0.05, 0) is 80.1 Å². The Bertz CT molecular complexity index is 1270. The number of halogens is 3. The van der Waals surface area contributed by atoms with Crippen LogP contribution >= 0.6 is 0 Å². The van der Waals surface area contributed by atoms with Crippen LogP contribution in [0.3, 0.4) is 0 Å². The van der Waals surface area contributed by atoms with Gasteiger partial charge in [-0.2, -0.15) is 13.2 Å². The van der Waals surface area contributed by atoms with Crippen molar-refractivity contribution in [3.05, 3.63) is 120 Å². The fourth-order valence-corrected chi connectivity index (χ4v) is 5.85. The smallest absolute Gasteiger partial charge is 0.416 e. The molecule has 3 nitrogen and oxygen atoms in total. The Morgan fingerprint density at radius 2 is 1.14 bits per heavy atom. The van der Waals surface area contributed by atoms with Crippen molar-refractivity contribution < 1.29 is 27.4 Å². The number of hydrogen-bond donors (Lipinski definition) is 0. The van der Waals surface area contributed by atoms with Gasteiger partial charge >= 0.3 is 12.1 Å². The van der Waals surface area contributed by atoms with Crippen molar-refractivity contribution >= 4 is 16.9 Å². The molecule has 0 heterocycles. The lowest BCUT2D eigenvalue weighted by Crippen LogP contribution is -2.28. The van der Waals surface area contributed by atoms with Crippen LogP contribution in [0.2, 0.25) is 0 Å². The number of carbonyl (C=O) groups excluding carboxylic acids is 1. The summed E-state index contributed by atoms with van der Waals surface area (Å²) >= 11 is 0. The lowest BCUT2D eigenvalue weighted by Gasteiger charge is -2.26. The summed E-state index contributed by atoms with van der Waals surface area (Å²) in [5, 5.41) is 0. The summed E-state index contributed by atoms with van der Waals surface area (Å²) < 4.78 is 49.6. The van der Waals surface area contributed by atoms with Gasteiger partial charge in [-0.3, -0.25) is 0 Å². The average molecular weight is 524 g/mol. The minimum Gasteiger partial charge on any atom is -0.482 e. The van der Waals surface area contributed by atoms with Crippen LogP contribution in [-0.2, 0) is 32.2 Å². The third-order valence-electron chi connectivity index (χ3n) is 5.65. The largest absolute Gasteiger partial charge is 0.482 e. The minimum atomic E-state index is -4.43. The van der Waals surface area contributed by atoms with Crippen LogP contribution in [0.15, 0.2) is 124 Å². The molecule has 0 saturated heterocycles. The molecule has 0 bridgehead atoms. The normalized spacial score (nSPS) is 11.8. The van der Waals surface area contributed by atoms with Gasteiger partial charge in [0.2, 0.25) is 0 Å². The highest BCUT2D eigenvalue weighted by Crippen LogP contribution is 2.33. The summed E-state index contributed by atoms with van der Waals surface area (Å²) in [5.74, 6) is -0.111. The first-order valence-corrected chi connectivity index (χ1v) is 12.8. The van der Waals surface area contributed by atoms with Crippen LogP contribution in [0.1, 0.15) is 25.0 Å². The van der Waals surface area contributed by atoms with Crippen molar-refractivity contribution in [3.8, 4) is 5.75 Å². The zero-order valence-corrected chi connectivity index (χ0v) is 21.2. The first kappa shape index (κ1) is 26.4. The molecule has 0 N–H and O–H groups in total. The molecule has 7 heteroatoms. The monoisotopic (exact) mass is 523 g/mol. The van der Waals surface area contributed by atoms with Gasteiger partial charge in [0, 0.05) is 0 Å². The molecule has 4 rings (SSSR count). The highest BCUT2D eigenvalue weighted by atomic mass is 32.2. The molecule has 0 aliphatic carbocycles. The van der Waals surface area contributed by atoms with Gasteiger partial charge in [0.25, 0.3) is 0 Å². The molecule has 0 radical (unpaired) electrons. The molecular weight excluding hydrogens is 497 g/mol. The van der Waals surface area contributed by atoms with E-state index in [-0.39, 0.29) is 17.5 Å².